The van der Waals surface area contributed by atoms with Crippen molar-refractivity contribution < 1.29 is 49.5 Å². The van der Waals surface area contributed by atoms with E-state index in [4.69, 9.17) is 0 Å². The van der Waals surface area contributed by atoms with Gasteiger partial charge in [0, 0.05) is 22.4 Å². The number of hydrogen-bond donors (Lipinski definition) is 0. The van der Waals surface area contributed by atoms with Crippen molar-refractivity contribution in [1.82, 2.24) is 0 Å². The summed E-state index contributed by atoms with van der Waals surface area (Å²) in [5.41, 5.74) is 0. The topological polar surface area (TPSA) is 34.1 Å². The van der Waals surface area contributed by atoms with E-state index >= 15 is 0 Å². The Balaban J connectivity index is 0. The van der Waals surface area contributed by atoms with Gasteiger partial charge < -0.3 is 0 Å². The number of halogens is 4. The van der Waals surface area contributed by atoms with Gasteiger partial charge in [-0.1, -0.05) is 0 Å². The Labute approximate surface area is 80.8 Å². The van der Waals surface area contributed by atoms with Crippen LogP contribution in [0.2, 0.25) is 0 Å². The zero-order valence-electron chi connectivity index (χ0n) is 5.49. The molecule has 0 atom stereocenters. The summed E-state index contributed by atoms with van der Waals surface area (Å²) in [4.78, 5) is 19.9. The number of alkyl halides is 4. The van der Waals surface area contributed by atoms with Crippen LogP contribution in [-0.4, -0.2) is 24.4 Å². The van der Waals surface area contributed by atoms with Crippen molar-refractivity contribution in [2.45, 2.75) is 19.3 Å². The molecule has 0 aliphatic carbocycles. The molecule has 0 aromatic heterocycles. The molecule has 0 saturated carbocycles. The Bertz CT molecular complexity index is 153. The fourth-order valence-electron chi connectivity index (χ4n) is 0.326. The van der Waals surface area contributed by atoms with Crippen molar-refractivity contribution in [3.8, 4) is 0 Å². The predicted octanol–water partition coefficient (Wildman–Crippen LogP) is 1.04. The van der Waals surface area contributed by atoms with E-state index in [2.05, 4.69) is 0 Å². The third-order valence-electron chi connectivity index (χ3n) is 0.835. The van der Waals surface area contributed by atoms with Gasteiger partial charge in [0.1, 0.15) is 0 Å². The standard InChI is InChI=1S/C5H4F4O2.Ag/c6-4(7)2(10)1-3(11)5(8)9;/h4-5H,1H2;. The van der Waals surface area contributed by atoms with E-state index in [1.54, 1.807) is 0 Å². The van der Waals surface area contributed by atoms with Gasteiger partial charge in [-0.25, -0.2) is 17.6 Å². The fourth-order valence-corrected chi connectivity index (χ4v) is 0.326. The summed E-state index contributed by atoms with van der Waals surface area (Å²) < 4.78 is 45.2. The van der Waals surface area contributed by atoms with Gasteiger partial charge in [-0.15, -0.1) is 0 Å². The summed E-state index contributed by atoms with van der Waals surface area (Å²) in [6.45, 7) is 0. The molecule has 75 valence electrons. The Morgan fingerprint density at radius 3 is 1.33 bits per heavy atom. The number of rotatable bonds is 4. The van der Waals surface area contributed by atoms with E-state index in [0.29, 0.717) is 0 Å². The molecule has 0 aliphatic rings. The molecule has 0 heterocycles. The van der Waals surface area contributed by atoms with Gasteiger partial charge in [-0.3, -0.25) is 9.59 Å². The summed E-state index contributed by atoms with van der Waals surface area (Å²) in [7, 11) is 0. The van der Waals surface area contributed by atoms with Crippen LogP contribution in [0.5, 0.6) is 0 Å². The van der Waals surface area contributed by atoms with Gasteiger partial charge in [0.15, 0.2) is 0 Å². The van der Waals surface area contributed by atoms with E-state index in [-0.39, 0.29) is 22.4 Å². The van der Waals surface area contributed by atoms with Crippen LogP contribution >= 0.6 is 0 Å². The van der Waals surface area contributed by atoms with Crippen LogP contribution in [0.25, 0.3) is 0 Å². The average Bonchev–Trinajstić information content (AvgIpc) is 1.87. The third-order valence-corrected chi connectivity index (χ3v) is 0.835. The normalized spacial score (nSPS) is 9.83. The van der Waals surface area contributed by atoms with E-state index in [9.17, 15) is 27.2 Å². The minimum atomic E-state index is -3.35. The summed E-state index contributed by atoms with van der Waals surface area (Å²) in [5, 5.41) is 0. The van der Waals surface area contributed by atoms with E-state index in [0.717, 1.165) is 0 Å². The second-order valence-corrected chi connectivity index (χ2v) is 1.71. The summed E-state index contributed by atoms with van der Waals surface area (Å²) in [6.07, 6.45) is -8.09. The number of carbonyl (C=O) groups is 2. The van der Waals surface area contributed by atoms with E-state index in [1.165, 1.54) is 0 Å². The van der Waals surface area contributed by atoms with Crippen LogP contribution in [0.15, 0.2) is 0 Å². The molecule has 12 heavy (non-hydrogen) atoms. The Kier molecular flexibility index (Phi) is 7.56. The quantitative estimate of drug-likeness (QED) is 0.438. The number of carbonyl (C=O) groups excluding carboxylic acids is 2. The molecule has 0 rings (SSSR count). The maximum Gasteiger partial charge on any atom is 0.296 e. The van der Waals surface area contributed by atoms with Crippen LogP contribution in [0.1, 0.15) is 6.42 Å². The SMILES string of the molecule is O=C(CC(=O)C(F)F)C(F)F.[Ag]. The zero-order chi connectivity index (χ0) is 9.02. The van der Waals surface area contributed by atoms with Gasteiger partial charge in [-0.05, 0) is 0 Å². The second kappa shape index (κ2) is 6.33. The van der Waals surface area contributed by atoms with E-state index < -0.39 is 30.8 Å². The number of ketones is 2. The summed E-state index contributed by atoms with van der Waals surface area (Å²) in [6, 6.07) is 0. The third kappa shape index (κ3) is 5.45. The summed E-state index contributed by atoms with van der Waals surface area (Å²) >= 11 is 0. The Morgan fingerprint density at radius 1 is 0.917 bits per heavy atom. The number of Topliss-reactive ketones (excluding diaryl/α,β-unsaturated/α-hetero) is 2. The van der Waals surface area contributed by atoms with Crippen molar-refractivity contribution in [3.05, 3.63) is 0 Å². The van der Waals surface area contributed by atoms with Crippen LogP contribution in [0.3, 0.4) is 0 Å². The first kappa shape index (κ1) is 14.3. The fraction of sp³-hybridized carbons (Fsp3) is 0.600. The maximum absolute atomic E-state index is 11.3. The second-order valence-electron chi connectivity index (χ2n) is 1.71. The first-order chi connectivity index (χ1) is 4.95. The molecule has 0 fully saturated rings. The average molecular weight is 280 g/mol. The van der Waals surface area contributed by atoms with Gasteiger partial charge in [-0.2, -0.15) is 0 Å². The van der Waals surface area contributed by atoms with Crippen molar-refractivity contribution in [3.63, 3.8) is 0 Å². The Morgan fingerprint density at radius 2 is 1.17 bits per heavy atom. The van der Waals surface area contributed by atoms with Crippen molar-refractivity contribution >= 4 is 11.6 Å². The van der Waals surface area contributed by atoms with Crippen LogP contribution in [0.4, 0.5) is 17.6 Å². The van der Waals surface area contributed by atoms with E-state index in [1.807, 2.05) is 0 Å². The molecule has 7 heteroatoms. The molecule has 0 aromatic carbocycles. The molecule has 2 nitrogen and oxygen atoms in total. The monoisotopic (exact) mass is 279 g/mol. The molecular weight excluding hydrogens is 276 g/mol. The van der Waals surface area contributed by atoms with Crippen molar-refractivity contribution in [2.75, 3.05) is 0 Å². The van der Waals surface area contributed by atoms with Crippen molar-refractivity contribution in [2.24, 2.45) is 0 Å². The van der Waals surface area contributed by atoms with Gasteiger partial charge in [0.2, 0.25) is 11.6 Å². The molecule has 1 radical (unpaired) electrons. The number of hydrogen-bond acceptors (Lipinski definition) is 2. The maximum atomic E-state index is 11.3. The van der Waals surface area contributed by atoms with Gasteiger partial charge in [0.25, 0.3) is 12.9 Å². The van der Waals surface area contributed by atoms with Gasteiger partial charge in [0.05, 0.1) is 6.42 Å². The molecule has 0 N–H and O–H groups in total. The molecule has 0 unspecified atom stereocenters. The molecule has 0 spiro atoms. The van der Waals surface area contributed by atoms with Crippen LogP contribution < -0.4 is 0 Å². The van der Waals surface area contributed by atoms with Crippen LogP contribution in [-0.2, 0) is 32.0 Å². The largest absolute Gasteiger partial charge is 0.296 e. The molecule has 0 aromatic rings. The minimum Gasteiger partial charge on any atom is -0.293 e. The zero-order valence-corrected chi connectivity index (χ0v) is 6.97. The molecule has 0 saturated heterocycles. The van der Waals surface area contributed by atoms with Crippen molar-refractivity contribution in [1.29, 1.82) is 0 Å². The Hall–Kier alpha value is -0.200. The first-order valence-corrected chi connectivity index (χ1v) is 2.57. The molecule has 0 amide bonds. The molecular formula is C5H4AgF4O2. The summed E-state index contributed by atoms with van der Waals surface area (Å²) in [5.74, 6) is -3.54. The van der Waals surface area contributed by atoms with Crippen LogP contribution in [0, 0.1) is 0 Å². The predicted molar refractivity (Wildman–Crippen MR) is 26.6 cm³/mol. The molecule has 0 aliphatic heterocycles. The molecule has 0 bridgehead atoms. The smallest absolute Gasteiger partial charge is 0.293 e. The van der Waals surface area contributed by atoms with Gasteiger partial charge >= 0.3 is 0 Å². The first-order valence-electron chi connectivity index (χ1n) is 2.57. The minimum absolute atomic E-state index is 0.